The van der Waals surface area contributed by atoms with Crippen LogP contribution >= 0.6 is 7.80 Å². The van der Waals surface area contributed by atoms with Crippen molar-refractivity contribution in [3.8, 4) is 11.5 Å². The summed E-state index contributed by atoms with van der Waals surface area (Å²) < 4.78 is 22.9. The van der Waals surface area contributed by atoms with Crippen LogP contribution in [0, 0.1) is 5.92 Å². The van der Waals surface area contributed by atoms with E-state index in [4.69, 9.17) is 9.47 Å². The van der Waals surface area contributed by atoms with Gasteiger partial charge in [-0.05, 0) is 24.5 Å². The van der Waals surface area contributed by atoms with E-state index in [1.54, 1.807) is 18.2 Å². The van der Waals surface area contributed by atoms with Crippen molar-refractivity contribution in [3.05, 3.63) is 23.8 Å². The summed E-state index contributed by atoms with van der Waals surface area (Å²) in [6.45, 7) is 0. The van der Waals surface area contributed by atoms with Crippen LogP contribution in [-0.4, -0.2) is 25.9 Å². The number of carbonyl (C=O) groups is 1. The maximum atomic E-state index is 12.6. The fraction of sp³-hybridized carbons (Fsp3) is 0.632. The number of hydrogen-bond acceptors (Lipinski definition) is 4. The van der Waals surface area contributed by atoms with Gasteiger partial charge in [-0.25, -0.2) is 0 Å². The summed E-state index contributed by atoms with van der Waals surface area (Å²) in [6.07, 6.45) is 10.4. The summed E-state index contributed by atoms with van der Waals surface area (Å²) in [5, 5.41) is 0. The molecule has 1 aliphatic rings. The molecule has 1 fully saturated rings. The van der Waals surface area contributed by atoms with Crippen molar-refractivity contribution in [2.75, 3.05) is 20.4 Å². The van der Waals surface area contributed by atoms with E-state index in [9.17, 15) is 9.36 Å². The number of carbonyl (C=O) groups excluding carboxylic acids is 1. The van der Waals surface area contributed by atoms with Gasteiger partial charge in [0, 0.05) is 6.16 Å². The molecule has 0 aliphatic heterocycles. The molecule has 2 rings (SSSR count). The number of benzene rings is 1. The molecule has 0 N–H and O–H groups in total. The minimum Gasteiger partial charge on any atom is -0.496 e. The average Bonchev–Trinajstić information content (AvgIpc) is 2.64. The predicted molar refractivity (Wildman–Crippen MR) is 98.2 cm³/mol. The van der Waals surface area contributed by atoms with E-state index in [0.717, 1.165) is 18.8 Å². The van der Waals surface area contributed by atoms with Gasteiger partial charge in [0.05, 0.1) is 14.2 Å². The monoisotopic (exact) mass is 352 g/mol. The molecule has 1 aliphatic carbocycles. The van der Waals surface area contributed by atoms with Crippen LogP contribution in [0.15, 0.2) is 18.2 Å². The van der Waals surface area contributed by atoms with Crippen LogP contribution in [0.5, 0.6) is 11.5 Å². The normalized spacial score (nSPS) is 16.6. The Balaban J connectivity index is 1.87. The van der Waals surface area contributed by atoms with Gasteiger partial charge >= 0.3 is 0 Å². The smallest absolute Gasteiger partial charge is 0.225 e. The number of rotatable bonds is 9. The van der Waals surface area contributed by atoms with Crippen LogP contribution in [0.2, 0.25) is 0 Å². The maximum absolute atomic E-state index is 12.6. The number of unbranched alkanes of at least 4 members (excludes halogenated alkanes) is 1. The van der Waals surface area contributed by atoms with Gasteiger partial charge in [-0.3, -0.25) is 4.79 Å². The molecule has 0 amide bonds. The zero-order valence-electron chi connectivity index (χ0n) is 14.8. The molecule has 134 valence electrons. The van der Waals surface area contributed by atoms with Gasteiger partial charge in [0.1, 0.15) is 24.9 Å². The Hall–Kier alpha value is -1.28. The molecule has 1 atom stereocenters. The van der Waals surface area contributed by atoms with Crippen molar-refractivity contribution in [3.63, 3.8) is 0 Å². The van der Waals surface area contributed by atoms with E-state index in [1.165, 1.54) is 52.7 Å². The Labute approximate surface area is 145 Å². The molecule has 4 nitrogen and oxygen atoms in total. The molecule has 0 bridgehead atoms. The lowest BCUT2D eigenvalue weighted by Gasteiger charge is -2.21. The molecule has 1 unspecified atom stereocenters. The second kappa shape index (κ2) is 9.88. The highest BCUT2D eigenvalue weighted by Crippen LogP contribution is 2.38. The second-order valence-electron chi connectivity index (χ2n) is 6.54. The van der Waals surface area contributed by atoms with Gasteiger partial charge in [0.25, 0.3) is 0 Å². The maximum Gasteiger partial charge on any atom is 0.225 e. The molecular formula is C19H29O4P. The first-order valence-electron chi connectivity index (χ1n) is 8.96. The number of hydrogen-bond donors (Lipinski definition) is 0. The summed E-state index contributed by atoms with van der Waals surface area (Å²) in [4.78, 5) is 12.6. The van der Waals surface area contributed by atoms with Gasteiger partial charge in [0.2, 0.25) is 5.52 Å². The third-order valence-corrected chi connectivity index (χ3v) is 6.46. The third kappa shape index (κ3) is 5.11. The fourth-order valence-corrected chi connectivity index (χ4v) is 4.85. The number of methoxy groups -OCH3 is 2. The van der Waals surface area contributed by atoms with Crippen LogP contribution in [0.25, 0.3) is 0 Å². The highest BCUT2D eigenvalue weighted by molar-refractivity contribution is 7.64. The van der Waals surface area contributed by atoms with Gasteiger partial charge in [0.15, 0.2) is 0 Å². The Morgan fingerprint density at radius 1 is 1.08 bits per heavy atom. The lowest BCUT2D eigenvalue weighted by molar-refractivity contribution is 0.107. The van der Waals surface area contributed by atoms with E-state index < -0.39 is 7.80 Å². The molecule has 1 aromatic carbocycles. The van der Waals surface area contributed by atoms with Crippen LogP contribution in [0.3, 0.4) is 0 Å². The quantitative estimate of drug-likeness (QED) is 0.455. The Morgan fingerprint density at radius 2 is 1.71 bits per heavy atom. The van der Waals surface area contributed by atoms with E-state index in [0.29, 0.717) is 23.2 Å². The summed E-state index contributed by atoms with van der Waals surface area (Å²) in [5.74, 6) is 1.70. The van der Waals surface area contributed by atoms with E-state index in [1.807, 2.05) is 0 Å². The lowest BCUT2D eigenvalue weighted by atomic mass is 9.86. The zero-order valence-corrected chi connectivity index (χ0v) is 15.8. The average molecular weight is 352 g/mol. The lowest BCUT2D eigenvalue weighted by Crippen LogP contribution is -2.06. The van der Waals surface area contributed by atoms with Crippen LogP contribution in [-0.2, 0) is 4.57 Å². The second-order valence-corrected chi connectivity index (χ2v) is 8.34. The summed E-state index contributed by atoms with van der Waals surface area (Å²) >= 11 is 0. The molecule has 0 radical (unpaired) electrons. The van der Waals surface area contributed by atoms with Crippen molar-refractivity contribution < 1.29 is 18.8 Å². The largest absolute Gasteiger partial charge is 0.496 e. The van der Waals surface area contributed by atoms with Crippen molar-refractivity contribution >= 4 is 13.3 Å². The van der Waals surface area contributed by atoms with Gasteiger partial charge in [-0.15, -0.1) is 0 Å². The Bertz CT molecular complexity index is 542. The van der Waals surface area contributed by atoms with Gasteiger partial charge < -0.3 is 14.0 Å². The zero-order chi connectivity index (χ0) is 17.4. The van der Waals surface area contributed by atoms with E-state index in [-0.39, 0.29) is 5.52 Å². The highest BCUT2D eigenvalue weighted by Gasteiger charge is 2.23. The topological polar surface area (TPSA) is 52.6 Å². The molecule has 0 aromatic heterocycles. The van der Waals surface area contributed by atoms with Crippen molar-refractivity contribution in [1.82, 2.24) is 0 Å². The standard InChI is InChI=1S/C19H29O4P/c1-22-16-12-8-13-17(23-2)18(16)19(20)24(21)14-7-6-11-15-9-4-3-5-10-15/h8,12-13,15,24H,3-7,9-11,14H2,1-2H3. The molecule has 0 spiro atoms. The first-order valence-corrected chi connectivity index (χ1v) is 10.6. The van der Waals surface area contributed by atoms with Crippen LogP contribution < -0.4 is 9.47 Å². The first-order chi connectivity index (χ1) is 11.7. The molecule has 5 heteroatoms. The predicted octanol–water partition coefficient (Wildman–Crippen LogP) is 5.15. The first kappa shape index (κ1) is 19.1. The third-order valence-electron chi connectivity index (χ3n) is 4.90. The molecular weight excluding hydrogens is 323 g/mol. The van der Waals surface area contributed by atoms with E-state index in [2.05, 4.69) is 0 Å². The molecule has 0 heterocycles. The minimum atomic E-state index is -2.33. The highest BCUT2D eigenvalue weighted by atomic mass is 31.1. The molecule has 24 heavy (non-hydrogen) atoms. The van der Waals surface area contributed by atoms with E-state index >= 15 is 0 Å². The molecule has 0 saturated heterocycles. The van der Waals surface area contributed by atoms with Gasteiger partial charge in [-0.2, -0.15) is 0 Å². The van der Waals surface area contributed by atoms with Crippen molar-refractivity contribution in [1.29, 1.82) is 0 Å². The minimum absolute atomic E-state index is 0.318. The summed E-state index contributed by atoms with van der Waals surface area (Å²) in [6, 6.07) is 5.16. The van der Waals surface area contributed by atoms with Crippen molar-refractivity contribution in [2.24, 2.45) is 5.92 Å². The Kier molecular flexibility index (Phi) is 7.84. The molecule has 1 aromatic rings. The Morgan fingerprint density at radius 3 is 2.29 bits per heavy atom. The van der Waals surface area contributed by atoms with Crippen LogP contribution in [0.1, 0.15) is 61.7 Å². The van der Waals surface area contributed by atoms with Crippen LogP contribution in [0.4, 0.5) is 0 Å². The summed E-state index contributed by atoms with van der Waals surface area (Å²) in [5.41, 5.74) is -0.00867. The number of ether oxygens (including phenoxy) is 2. The van der Waals surface area contributed by atoms with Gasteiger partial charge in [-0.1, -0.05) is 51.0 Å². The van der Waals surface area contributed by atoms with Crippen molar-refractivity contribution in [2.45, 2.75) is 51.4 Å². The fourth-order valence-electron chi connectivity index (χ4n) is 3.52. The SMILES string of the molecule is COc1cccc(OC)c1C(=O)[PH](=O)CCCCC1CCCCC1. The summed E-state index contributed by atoms with van der Waals surface area (Å²) in [7, 11) is 0.679. The molecule has 1 saturated carbocycles.